The molecular formula is C12H17ClN2. The third-order valence-corrected chi connectivity index (χ3v) is 3.37. The summed E-state index contributed by atoms with van der Waals surface area (Å²) in [4.78, 5) is 4.25. The number of hydrogen-bond acceptors (Lipinski definition) is 2. The standard InChI is InChI=1S/C12H17ClN2/c1-12(2)6-5-9(8-12)15-11-10(13)4-3-7-14-11/h3-4,7,9H,5-6,8H2,1-2H3,(H,14,15). The summed E-state index contributed by atoms with van der Waals surface area (Å²) < 4.78 is 0. The molecular weight excluding hydrogens is 208 g/mol. The van der Waals surface area contributed by atoms with Crippen LogP contribution < -0.4 is 5.32 Å². The van der Waals surface area contributed by atoms with Gasteiger partial charge in [-0.2, -0.15) is 0 Å². The second-order valence-electron chi connectivity index (χ2n) is 5.08. The minimum Gasteiger partial charge on any atom is -0.366 e. The van der Waals surface area contributed by atoms with Crippen LogP contribution in [0.3, 0.4) is 0 Å². The molecule has 1 N–H and O–H groups in total. The highest BCUT2D eigenvalue weighted by molar-refractivity contribution is 6.32. The van der Waals surface area contributed by atoms with Gasteiger partial charge in [0.05, 0.1) is 5.02 Å². The van der Waals surface area contributed by atoms with E-state index in [1.165, 1.54) is 19.3 Å². The Morgan fingerprint density at radius 2 is 2.33 bits per heavy atom. The fourth-order valence-electron chi connectivity index (χ4n) is 2.24. The third kappa shape index (κ3) is 2.63. The van der Waals surface area contributed by atoms with E-state index < -0.39 is 0 Å². The van der Waals surface area contributed by atoms with Gasteiger partial charge in [-0.1, -0.05) is 25.4 Å². The summed E-state index contributed by atoms with van der Waals surface area (Å²) in [5.41, 5.74) is 0.457. The second-order valence-corrected chi connectivity index (χ2v) is 5.49. The van der Waals surface area contributed by atoms with E-state index in [2.05, 4.69) is 24.1 Å². The number of nitrogens with zero attached hydrogens (tertiary/aromatic N) is 1. The summed E-state index contributed by atoms with van der Waals surface area (Å²) in [6.45, 7) is 4.63. The minimum absolute atomic E-state index is 0.457. The quantitative estimate of drug-likeness (QED) is 0.828. The smallest absolute Gasteiger partial charge is 0.144 e. The lowest BCUT2D eigenvalue weighted by Gasteiger charge is -2.18. The largest absolute Gasteiger partial charge is 0.366 e. The number of halogens is 1. The van der Waals surface area contributed by atoms with Crippen LogP contribution in [0.5, 0.6) is 0 Å². The Bertz CT molecular complexity index is 349. The maximum atomic E-state index is 6.05. The summed E-state index contributed by atoms with van der Waals surface area (Å²) in [5, 5.41) is 4.13. The van der Waals surface area contributed by atoms with Gasteiger partial charge in [0.1, 0.15) is 5.82 Å². The van der Waals surface area contributed by atoms with Gasteiger partial charge in [0.2, 0.25) is 0 Å². The Morgan fingerprint density at radius 1 is 1.53 bits per heavy atom. The van der Waals surface area contributed by atoms with E-state index in [1.807, 2.05) is 12.1 Å². The lowest BCUT2D eigenvalue weighted by molar-refractivity contribution is 0.378. The van der Waals surface area contributed by atoms with Gasteiger partial charge >= 0.3 is 0 Å². The molecule has 0 amide bonds. The summed E-state index contributed by atoms with van der Waals surface area (Å²) in [5.74, 6) is 0.821. The molecule has 1 aliphatic rings. The van der Waals surface area contributed by atoms with Crippen molar-refractivity contribution in [1.82, 2.24) is 4.98 Å². The molecule has 1 unspecified atom stereocenters. The Morgan fingerprint density at radius 3 is 2.93 bits per heavy atom. The van der Waals surface area contributed by atoms with Gasteiger partial charge in [0, 0.05) is 12.2 Å². The first-order valence-electron chi connectivity index (χ1n) is 5.44. The maximum Gasteiger partial charge on any atom is 0.144 e. The molecule has 3 heteroatoms. The SMILES string of the molecule is CC1(C)CCC(Nc2ncccc2Cl)C1. The van der Waals surface area contributed by atoms with Crippen LogP contribution in [0.1, 0.15) is 33.1 Å². The van der Waals surface area contributed by atoms with Crippen LogP contribution in [-0.4, -0.2) is 11.0 Å². The number of nitrogens with one attached hydrogen (secondary N) is 1. The van der Waals surface area contributed by atoms with E-state index >= 15 is 0 Å². The van der Waals surface area contributed by atoms with Crippen molar-refractivity contribution in [1.29, 1.82) is 0 Å². The molecule has 1 aromatic rings. The zero-order chi connectivity index (χ0) is 10.9. The normalized spacial score (nSPS) is 24.1. The van der Waals surface area contributed by atoms with E-state index in [9.17, 15) is 0 Å². The molecule has 1 aliphatic carbocycles. The van der Waals surface area contributed by atoms with Crippen LogP contribution in [-0.2, 0) is 0 Å². The average molecular weight is 225 g/mol. The van der Waals surface area contributed by atoms with Crippen LogP contribution >= 0.6 is 11.6 Å². The first-order valence-corrected chi connectivity index (χ1v) is 5.82. The zero-order valence-corrected chi connectivity index (χ0v) is 10.0. The highest BCUT2D eigenvalue weighted by Crippen LogP contribution is 2.38. The molecule has 1 heterocycles. The molecule has 0 aliphatic heterocycles. The predicted octanol–water partition coefficient (Wildman–Crippen LogP) is 3.73. The Labute approximate surface area is 96.1 Å². The number of aromatic nitrogens is 1. The summed E-state index contributed by atoms with van der Waals surface area (Å²) in [7, 11) is 0. The van der Waals surface area contributed by atoms with E-state index in [-0.39, 0.29) is 0 Å². The van der Waals surface area contributed by atoms with E-state index in [4.69, 9.17) is 11.6 Å². The van der Waals surface area contributed by atoms with Crippen LogP contribution in [0.2, 0.25) is 5.02 Å². The van der Waals surface area contributed by atoms with Crippen molar-refractivity contribution in [3.05, 3.63) is 23.4 Å². The number of rotatable bonds is 2. The predicted molar refractivity (Wildman–Crippen MR) is 64.3 cm³/mol. The molecule has 2 nitrogen and oxygen atoms in total. The molecule has 1 fully saturated rings. The Hall–Kier alpha value is -0.760. The van der Waals surface area contributed by atoms with Crippen molar-refractivity contribution in [2.45, 2.75) is 39.2 Å². The van der Waals surface area contributed by atoms with Crippen molar-refractivity contribution in [2.24, 2.45) is 5.41 Å². The third-order valence-electron chi connectivity index (χ3n) is 3.07. The fourth-order valence-corrected chi connectivity index (χ4v) is 2.42. The van der Waals surface area contributed by atoms with Crippen molar-refractivity contribution >= 4 is 17.4 Å². The summed E-state index contributed by atoms with van der Waals surface area (Å²) in [6, 6.07) is 4.25. The molecule has 1 saturated carbocycles. The second kappa shape index (κ2) is 4.01. The molecule has 1 aromatic heterocycles. The van der Waals surface area contributed by atoms with Crippen molar-refractivity contribution in [3.63, 3.8) is 0 Å². The van der Waals surface area contributed by atoms with E-state index in [0.29, 0.717) is 16.5 Å². The Balaban J connectivity index is 2.02. The average Bonchev–Trinajstić information content (AvgIpc) is 2.50. The van der Waals surface area contributed by atoms with Gasteiger partial charge in [-0.25, -0.2) is 4.98 Å². The minimum atomic E-state index is 0.457. The van der Waals surface area contributed by atoms with Crippen LogP contribution in [0.25, 0.3) is 0 Å². The van der Waals surface area contributed by atoms with Crippen molar-refractivity contribution < 1.29 is 0 Å². The van der Waals surface area contributed by atoms with Gasteiger partial charge in [-0.15, -0.1) is 0 Å². The van der Waals surface area contributed by atoms with E-state index in [0.717, 1.165) is 5.82 Å². The molecule has 0 aromatic carbocycles. The van der Waals surface area contributed by atoms with Crippen molar-refractivity contribution in [3.8, 4) is 0 Å². The monoisotopic (exact) mass is 224 g/mol. The number of hydrogen-bond donors (Lipinski definition) is 1. The van der Waals surface area contributed by atoms with Crippen molar-refractivity contribution in [2.75, 3.05) is 5.32 Å². The van der Waals surface area contributed by atoms with Crippen LogP contribution in [0, 0.1) is 5.41 Å². The summed E-state index contributed by atoms with van der Waals surface area (Å²) in [6.07, 6.45) is 5.45. The molecule has 0 bridgehead atoms. The number of anilines is 1. The first kappa shape index (κ1) is 10.7. The molecule has 1 atom stereocenters. The molecule has 0 saturated heterocycles. The van der Waals surface area contributed by atoms with E-state index in [1.54, 1.807) is 6.20 Å². The number of pyridine rings is 1. The highest BCUT2D eigenvalue weighted by atomic mass is 35.5. The van der Waals surface area contributed by atoms with Gasteiger partial charge in [-0.05, 0) is 36.8 Å². The molecule has 82 valence electrons. The molecule has 2 rings (SSSR count). The van der Waals surface area contributed by atoms with Crippen LogP contribution in [0.4, 0.5) is 5.82 Å². The molecule has 0 spiro atoms. The first-order chi connectivity index (χ1) is 7.07. The maximum absolute atomic E-state index is 6.05. The molecule has 0 radical (unpaired) electrons. The van der Waals surface area contributed by atoms with Gasteiger partial charge in [-0.3, -0.25) is 0 Å². The Kier molecular flexibility index (Phi) is 2.87. The lowest BCUT2D eigenvalue weighted by Crippen LogP contribution is -2.18. The topological polar surface area (TPSA) is 24.9 Å². The zero-order valence-electron chi connectivity index (χ0n) is 9.26. The molecule has 15 heavy (non-hydrogen) atoms. The van der Waals surface area contributed by atoms with Gasteiger partial charge < -0.3 is 5.32 Å². The lowest BCUT2D eigenvalue weighted by atomic mass is 9.92. The highest BCUT2D eigenvalue weighted by Gasteiger charge is 2.31. The van der Waals surface area contributed by atoms with Crippen LogP contribution in [0.15, 0.2) is 18.3 Å². The fraction of sp³-hybridized carbons (Fsp3) is 0.583. The van der Waals surface area contributed by atoms with Gasteiger partial charge in [0.15, 0.2) is 0 Å². The summed E-state index contributed by atoms with van der Waals surface area (Å²) >= 11 is 6.05. The van der Waals surface area contributed by atoms with Gasteiger partial charge in [0.25, 0.3) is 0 Å².